The Morgan fingerprint density at radius 3 is 2.14 bits per heavy atom. The van der Waals surface area contributed by atoms with Crippen LogP contribution in [0.1, 0.15) is 68.6 Å². The molecule has 4 rings (SSSR count). The fraction of sp³-hybridized carbons (Fsp3) is 0.412. The van der Waals surface area contributed by atoms with Gasteiger partial charge in [-0.15, -0.1) is 0 Å². The monoisotopic (exact) mass is 607 g/mol. The van der Waals surface area contributed by atoms with E-state index in [1.165, 1.54) is 11.0 Å². The maximum atomic E-state index is 15.0. The van der Waals surface area contributed by atoms with Crippen LogP contribution in [0.25, 0.3) is 0 Å². The molecule has 1 aliphatic rings. The number of sulfonamides is 1. The Balaban J connectivity index is 1.72. The predicted octanol–water partition coefficient (Wildman–Crippen LogP) is 5.80. The lowest BCUT2D eigenvalue weighted by molar-refractivity contribution is -0.140. The first-order chi connectivity index (χ1) is 20.5. The van der Waals surface area contributed by atoms with E-state index in [1.54, 1.807) is 30.3 Å². The zero-order chi connectivity index (χ0) is 31.0. The van der Waals surface area contributed by atoms with E-state index in [0.29, 0.717) is 5.69 Å². The Hall–Kier alpha value is -3.72. The van der Waals surface area contributed by atoms with E-state index < -0.39 is 34.3 Å². The number of nitrogens with zero attached hydrogens (tertiary/aromatic N) is 2. The second kappa shape index (κ2) is 14.6. The van der Waals surface area contributed by atoms with Crippen molar-refractivity contribution < 1.29 is 22.4 Å². The third-order valence-corrected chi connectivity index (χ3v) is 9.19. The summed E-state index contributed by atoms with van der Waals surface area (Å²) in [6, 6.07) is 21.5. The molecule has 0 spiro atoms. The summed E-state index contributed by atoms with van der Waals surface area (Å²) in [5.41, 5.74) is 2.46. The average Bonchev–Trinajstić information content (AvgIpc) is 2.99. The summed E-state index contributed by atoms with van der Waals surface area (Å²) in [6.45, 7) is 3.36. The van der Waals surface area contributed by atoms with Crippen LogP contribution in [0, 0.1) is 5.82 Å². The molecule has 1 N–H and O–H groups in total. The van der Waals surface area contributed by atoms with Gasteiger partial charge in [0, 0.05) is 24.6 Å². The number of rotatable bonds is 12. The van der Waals surface area contributed by atoms with Crippen LogP contribution in [-0.4, -0.2) is 50.0 Å². The topological polar surface area (TPSA) is 86.8 Å². The summed E-state index contributed by atoms with van der Waals surface area (Å²) in [5.74, 6) is -1.18. The molecular formula is C34H42FN3O4S. The highest BCUT2D eigenvalue weighted by Gasteiger charge is 2.34. The van der Waals surface area contributed by atoms with Gasteiger partial charge in [0.1, 0.15) is 18.4 Å². The Labute approximate surface area is 255 Å². The van der Waals surface area contributed by atoms with Gasteiger partial charge in [0.15, 0.2) is 0 Å². The smallest absolute Gasteiger partial charge is 0.244 e. The summed E-state index contributed by atoms with van der Waals surface area (Å²) in [5, 5.41) is 3.15. The molecule has 1 unspecified atom stereocenters. The standard InChI is InChI=1S/C34H42FN3O4S/c1-25(2)27-18-20-30(21-19-27)38(43(3,41)42)24-33(39)37(23-28-14-10-11-17-31(28)35)32(22-26-12-6-4-7-13-26)34(40)36-29-15-8-5-9-16-29/h4,6-7,10-14,17-21,25,29,32H,5,8-9,15-16,22-24H2,1-3H3,(H,36,40). The third-order valence-electron chi connectivity index (χ3n) is 8.05. The summed E-state index contributed by atoms with van der Waals surface area (Å²) in [4.78, 5) is 29.5. The van der Waals surface area contributed by atoms with Crippen molar-refractivity contribution in [3.05, 3.63) is 101 Å². The number of hydrogen-bond acceptors (Lipinski definition) is 4. The number of amides is 2. The van der Waals surface area contributed by atoms with E-state index >= 15 is 0 Å². The molecule has 1 fully saturated rings. The van der Waals surface area contributed by atoms with Gasteiger partial charge < -0.3 is 10.2 Å². The minimum atomic E-state index is -3.88. The van der Waals surface area contributed by atoms with Crippen LogP contribution in [0.5, 0.6) is 0 Å². The Morgan fingerprint density at radius 2 is 1.53 bits per heavy atom. The van der Waals surface area contributed by atoms with Crippen molar-refractivity contribution in [2.45, 2.75) is 76.9 Å². The lowest BCUT2D eigenvalue weighted by Gasteiger charge is -2.35. The largest absolute Gasteiger partial charge is 0.352 e. The van der Waals surface area contributed by atoms with Crippen molar-refractivity contribution >= 4 is 27.5 Å². The van der Waals surface area contributed by atoms with E-state index in [1.807, 2.05) is 56.3 Å². The van der Waals surface area contributed by atoms with Crippen LogP contribution in [0.2, 0.25) is 0 Å². The van der Waals surface area contributed by atoms with Gasteiger partial charge in [-0.1, -0.05) is 93.8 Å². The molecule has 1 saturated carbocycles. The molecule has 7 nitrogen and oxygen atoms in total. The van der Waals surface area contributed by atoms with E-state index in [4.69, 9.17) is 0 Å². The molecule has 0 bridgehead atoms. The third kappa shape index (κ3) is 8.89. The first kappa shape index (κ1) is 32.2. The second-order valence-corrected chi connectivity index (χ2v) is 13.6. The highest BCUT2D eigenvalue weighted by atomic mass is 32.2. The molecule has 3 aromatic carbocycles. The van der Waals surface area contributed by atoms with Gasteiger partial charge in [0.25, 0.3) is 0 Å². The van der Waals surface area contributed by atoms with E-state index in [2.05, 4.69) is 5.32 Å². The van der Waals surface area contributed by atoms with E-state index in [-0.39, 0.29) is 36.4 Å². The molecular weight excluding hydrogens is 565 g/mol. The number of hydrogen-bond donors (Lipinski definition) is 1. The molecule has 9 heteroatoms. The van der Waals surface area contributed by atoms with Gasteiger partial charge in [-0.2, -0.15) is 0 Å². The quantitative estimate of drug-likeness (QED) is 0.282. The van der Waals surface area contributed by atoms with Gasteiger partial charge in [-0.05, 0) is 48.1 Å². The molecule has 1 aliphatic carbocycles. The minimum absolute atomic E-state index is 0.00285. The molecule has 0 heterocycles. The summed E-state index contributed by atoms with van der Waals surface area (Å²) in [7, 11) is -3.88. The summed E-state index contributed by atoms with van der Waals surface area (Å²) >= 11 is 0. The SMILES string of the molecule is CC(C)c1ccc(N(CC(=O)N(Cc2ccccc2F)C(Cc2ccccc2)C(=O)NC2CCCCC2)S(C)(=O)=O)cc1. The minimum Gasteiger partial charge on any atom is -0.352 e. The summed E-state index contributed by atoms with van der Waals surface area (Å²) < 4.78 is 42.0. The number of nitrogens with one attached hydrogen (secondary N) is 1. The fourth-order valence-electron chi connectivity index (χ4n) is 5.55. The zero-order valence-electron chi connectivity index (χ0n) is 25.2. The zero-order valence-corrected chi connectivity index (χ0v) is 26.0. The molecule has 0 aliphatic heterocycles. The van der Waals surface area contributed by atoms with Crippen molar-refractivity contribution in [2.24, 2.45) is 0 Å². The average molecular weight is 608 g/mol. The number of halogens is 1. The maximum absolute atomic E-state index is 15.0. The Bertz CT molecular complexity index is 1470. The molecule has 0 saturated heterocycles. The van der Waals surface area contributed by atoms with Gasteiger partial charge in [-0.25, -0.2) is 12.8 Å². The van der Waals surface area contributed by atoms with Crippen molar-refractivity contribution in [3.63, 3.8) is 0 Å². The lowest BCUT2D eigenvalue weighted by atomic mass is 9.94. The van der Waals surface area contributed by atoms with Gasteiger partial charge in [0.05, 0.1) is 11.9 Å². The van der Waals surface area contributed by atoms with Crippen LogP contribution in [0.4, 0.5) is 10.1 Å². The number of anilines is 1. The van der Waals surface area contributed by atoms with Crippen molar-refractivity contribution in [3.8, 4) is 0 Å². The van der Waals surface area contributed by atoms with Crippen LogP contribution in [-0.2, 0) is 32.6 Å². The Morgan fingerprint density at radius 1 is 0.907 bits per heavy atom. The molecule has 2 amide bonds. The number of carbonyl (C=O) groups excluding carboxylic acids is 2. The molecule has 3 aromatic rings. The van der Waals surface area contributed by atoms with E-state index in [9.17, 15) is 22.4 Å². The molecule has 0 radical (unpaired) electrons. The first-order valence-corrected chi connectivity index (χ1v) is 16.8. The lowest BCUT2D eigenvalue weighted by Crippen LogP contribution is -2.55. The molecule has 0 aromatic heterocycles. The van der Waals surface area contributed by atoms with Crippen molar-refractivity contribution in [2.75, 3.05) is 17.1 Å². The van der Waals surface area contributed by atoms with Gasteiger partial charge in [-0.3, -0.25) is 13.9 Å². The van der Waals surface area contributed by atoms with Gasteiger partial charge >= 0.3 is 0 Å². The van der Waals surface area contributed by atoms with E-state index in [0.717, 1.165) is 53.8 Å². The molecule has 230 valence electrons. The predicted molar refractivity (Wildman–Crippen MR) is 169 cm³/mol. The Kier molecular flexibility index (Phi) is 11.0. The fourth-order valence-corrected chi connectivity index (χ4v) is 6.40. The van der Waals surface area contributed by atoms with Crippen molar-refractivity contribution in [1.82, 2.24) is 10.2 Å². The molecule has 43 heavy (non-hydrogen) atoms. The number of benzene rings is 3. The van der Waals surface area contributed by atoms with Crippen LogP contribution < -0.4 is 9.62 Å². The summed E-state index contributed by atoms with van der Waals surface area (Å²) in [6.07, 6.45) is 6.13. The second-order valence-electron chi connectivity index (χ2n) is 11.7. The first-order valence-electron chi connectivity index (χ1n) is 15.0. The normalized spacial score (nSPS) is 14.7. The highest BCUT2D eigenvalue weighted by Crippen LogP contribution is 2.24. The number of carbonyl (C=O) groups is 2. The van der Waals surface area contributed by atoms with Gasteiger partial charge in [0.2, 0.25) is 21.8 Å². The van der Waals surface area contributed by atoms with Crippen LogP contribution >= 0.6 is 0 Å². The van der Waals surface area contributed by atoms with Crippen molar-refractivity contribution in [1.29, 1.82) is 0 Å². The van der Waals surface area contributed by atoms with Crippen LogP contribution in [0.3, 0.4) is 0 Å². The molecule has 1 atom stereocenters. The maximum Gasteiger partial charge on any atom is 0.244 e. The highest BCUT2D eigenvalue weighted by molar-refractivity contribution is 7.92. The van der Waals surface area contributed by atoms with Crippen LogP contribution in [0.15, 0.2) is 78.9 Å².